The van der Waals surface area contributed by atoms with Crippen LogP contribution in [-0.2, 0) is 0 Å². The smallest absolute Gasteiger partial charge is 0.382 e. The van der Waals surface area contributed by atoms with Gasteiger partial charge in [0.25, 0.3) is 0 Å². The van der Waals surface area contributed by atoms with E-state index in [0.717, 1.165) is 32.1 Å². The van der Waals surface area contributed by atoms with Gasteiger partial charge in [-0.05, 0) is 31.1 Å². The molecule has 1 aliphatic carbocycles. The number of aliphatic hydroxyl groups is 1. The Morgan fingerprint density at radius 3 is 2.53 bits per heavy atom. The molecule has 2 N–H and O–H groups in total. The second kappa shape index (κ2) is 5.57. The molecule has 0 radical (unpaired) electrons. The average molecular weight is 253 g/mol. The zero-order chi connectivity index (χ0) is 13.1. The number of alkyl halides is 3. The first kappa shape index (κ1) is 14.8. The number of hydrogen-bond acceptors (Lipinski definition) is 2. The fourth-order valence-electron chi connectivity index (χ4n) is 2.26. The summed E-state index contributed by atoms with van der Waals surface area (Å²) >= 11 is 0. The number of aliphatic hydroxyl groups excluding tert-OH is 1. The quantitative estimate of drug-likeness (QED) is 0.758. The minimum Gasteiger partial charge on any atom is -0.382 e. The molecule has 0 amide bonds. The second-order valence-electron chi connectivity index (χ2n) is 5.76. The lowest BCUT2D eigenvalue weighted by Crippen LogP contribution is -2.42. The number of hydrogen-bond donors (Lipinski definition) is 2. The topological polar surface area (TPSA) is 32.3 Å². The van der Waals surface area contributed by atoms with Crippen LogP contribution in [0.5, 0.6) is 0 Å². The Balaban J connectivity index is 2.33. The molecule has 0 aliphatic heterocycles. The van der Waals surface area contributed by atoms with Crippen LogP contribution in [0.25, 0.3) is 0 Å². The Labute approximate surface area is 101 Å². The summed E-state index contributed by atoms with van der Waals surface area (Å²) in [6.45, 7) is 3.99. The van der Waals surface area contributed by atoms with Crippen LogP contribution in [0.3, 0.4) is 0 Å². The molecule has 0 aromatic carbocycles. The molecule has 5 heteroatoms. The zero-order valence-corrected chi connectivity index (χ0v) is 10.5. The molecular formula is C12H22F3NO. The fourth-order valence-corrected chi connectivity index (χ4v) is 2.26. The van der Waals surface area contributed by atoms with Crippen LogP contribution in [0.15, 0.2) is 0 Å². The molecule has 1 aliphatic rings. The minimum atomic E-state index is -4.52. The van der Waals surface area contributed by atoms with E-state index in [0.29, 0.717) is 5.41 Å². The molecule has 0 aromatic heterocycles. The van der Waals surface area contributed by atoms with Crippen molar-refractivity contribution in [3.8, 4) is 0 Å². The van der Waals surface area contributed by atoms with E-state index in [9.17, 15) is 13.2 Å². The molecule has 0 bridgehead atoms. The third kappa shape index (κ3) is 5.25. The average Bonchev–Trinajstić information content (AvgIpc) is 2.34. The summed E-state index contributed by atoms with van der Waals surface area (Å²) in [6.07, 6.45) is -1.81. The lowest BCUT2D eigenvalue weighted by Gasteiger charge is -2.23. The zero-order valence-electron chi connectivity index (χ0n) is 10.5. The maximum Gasteiger partial charge on any atom is 0.415 e. The van der Waals surface area contributed by atoms with Crippen molar-refractivity contribution in [2.24, 2.45) is 5.41 Å². The summed E-state index contributed by atoms with van der Waals surface area (Å²) in [7, 11) is 0. The van der Waals surface area contributed by atoms with E-state index < -0.39 is 18.8 Å². The minimum absolute atomic E-state index is 0.105. The standard InChI is InChI=1S/C12H22F3NO/c1-11(2)6-3-4-9(5-7-11)16-8-10(17)12(13,14)15/h9-10,16-17H,3-8H2,1-2H3. The number of rotatable bonds is 3. The van der Waals surface area contributed by atoms with Gasteiger partial charge in [-0.2, -0.15) is 13.2 Å². The first-order valence-electron chi connectivity index (χ1n) is 6.19. The lowest BCUT2D eigenvalue weighted by molar-refractivity contribution is -0.202. The van der Waals surface area contributed by atoms with E-state index in [2.05, 4.69) is 19.2 Å². The van der Waals surface area contributed by atoms with Crippen molar-refractivity contribution < 1.29 is 18.3 Å². The number of halogens is 3. The summed E-state index contributed by atoms with van der Waals surface area (Å²) in [6, 6.07) is 0.105. The largest absolute Gasteiger partial charge is 0.415 e. The van der Waals surface area contributed by atoms with Crippen molar-refractivity contribution in [3.05, 3.63) is 0 Å². The highest BCUT2D eigenvalue weighted by Crippen LogP contribution is 2.33. The van der Waals surface area contributed by atoms with Crippen LogP contribution in [0.4, 0.5) is 13.2 Å². The van der Waals surface area contributed by atoms with Gasteiger partial charge in [0.2, 0.25) is 0 Å². The molecule has 2 nitrogen and oxygen atoms in total. The van der Waals surface area contributed by atoms with Gasteiger partial charge in [-0.1, -0.05) is 20.3 Å². The Kier molecular flexibility index (Phi) is 4.84. The van der Waals surface area contributed by atoms with E-state index in [4.69, 9.17) is 5.11 Å². The molecule has 17 heavy (non-hydrogen) atoms. The van der Waals surface area contributed by atoms with Crippen molar-refractivity contribution in [1.82, 2.24) is 5.32 Å². The maximum atomic E-state index is 12.1. The highest BCUT2D eigenvalue weighted by atomic mass is 19.4. The van der Waals surface area contributed by atoms with Crippen LogP contribution < -0.4 is 5.32 Å². The van der Waals surface area contributed by atoms with Crippen molar-refractivity contribution in [2.45, 2.75) is 64.3 Å². The monoisotopic (exact) mass is 253 g/mol. The fraction of sp³-hybridized carbons (Fsp3) is 1.00. The third-order valence-corrected chi connectivity index (χ3v) is 3.55. The molecule has 0 saturated heterocycles. The van der Waals surface area contributed by atoms with Crippen molar-refractivity contribution in [2.75, 3.05) is 6.54 Å². The van der Waals surface area contributed by atoms with E-state index in [1.165, 1.54) is 0 Å². The molecule has 0 aromatic rings. The molecule has 0 spiro atoms. The van der Waals surface area contributed by atoms with E-state index in [1.54, 1.807) is 0 Å². The SMILES string of the molecule is CC1(C)CCCC(NCC(O)C(F)(F)F)CC1. The first-order valence-corrected chi connectivity index (χ1v) is 6.19. The van der Waals surface area contributed by atoms with Gasteiger partial charge in [0.15, 0.2) is 6.10 Å². The van der Waals surface area contributed by atoms with Gasteiger partial charge < -0.3 is 10.4 Å². The normalized spacial score (nSPS) is 27.5. The summed E-state index contributed by atoms with van der Waals surface area (Å²) < 4.78 is 36.4. The lowest BCUT2D eigenvalue weighted by atomic mass is 9.85. The molecule has 2 unspecified atom stereocenters. The van der Waals surface area contributed by atoms with Crippen molar-refractivity contribution in [3.63, 3.8) is 0 Å². The van der Waals surface area contributed by atoms with Crippen molar-refractivity contribution in [1.29, 1.82) is 0 Å². The van der Waals surface area contributed by atoms with E-state index >= 15 is 0 Å². The van der Waals surface area contributed by atoms with E-state index in [1.807, 2.05) is 0 Å². The van der Waals surface area contributed by atoms with Crippen molar-refractivity contribution >= 4 is 0 Å². The summed E-state index contributed by atoms with van der Waals surface area (Å²) in [4.78, 5) is 0. The van der Waals surface area contributed by atoms with Gasteiger partial charge in [0.05, 0.1) is 0 Å². The van der Waals surface area contributed by atoms with Crippen LogP contribution in [0, 0.1) is 5.41 Å². The van der Waals surface area contributed by atoms with Gasteiger partial charge in [-0.3, -0.25) is 0 Å². The van der Waals surface area contributed by atoms with Gasteiger partial charge in [0.1, 0.15) is 0 Å². The summed E-state index contributed by atoms with van der Waals surface area (Å²) in [5.41, 5.74) is 0.291. The summed E-state index contributed by atoms with van der Waals surface area (Å²) in [5.74, 6) is 0. The van der Waals surface area contributed by atoms with Gasteiger partial charge >= 0.3 is 6.18 Å². The Morgan fingerprint density at radius 2 is 1.94 bits per heavy atom. The van der Waals surface area contributed by atoms with Crippen LogP contribution in [-0.4, -0.2) is 30.0 Å². The second-order valence-corrected chi connectivity index (χ2v) is 5.76. The Morgan fingerprint density at radius 1 is 1.29 bits per heavy atom. The highest BCUT2D eigenvalue weighted by molar-refractivity contribution is 4.81. The van der Waals surface area contributed by atoms with Crippen LogP contribution in [0.2, 0.25) is 0 Å². The first-order chi connectivity index (χ1) is 7.71. The van der Waals surface area contributed by atoms with E-state index in [-0.39, 0.29) is 6.04 Å². The highest BCUT2D eigenvalue weighted by Gasteiger charge is 2.38. The Bertz CT molecular complexity index is 240. The van der Waals surface area contributed by atoms with Crippen LogP contribution >= 0.6 is 0 Å². The maximum absolute atomic E-state index is 12.1. The third-order valence-electron chi connectivity index (χ3n) is 3.55. The predicted molar refractivity (Wildman–Crippen MR) is 60.7 cm³/mol. The summed E-state index contributed by atoms with van der Waals surface area (Å²) in [5, 5.41) is 11.7. The molecule has 1 saturated carbocycles. The molecule has 1 fully saturated rings. The molecular weight excluding hydrogens is 231 g/mol. The molecule has 102 valence electrons. The predicted octanol–water partition coefficient (Wildman–Crippen LogP) is 2.86. The number of nitrogens with one attached hydrogen (secondary N) is 1. The molecule has 1 rings (SSSR count). The van der Waals surface area contributed by atoms with Gasteiger partial charge in [0, 0.05) is 12.6 Å². The Hall–Kier alpha value is -0.290. The molecule has 0 heterocycles. The van der Waals surface area contributed by atoms with Gasteiger partial charge in [-0.25, -0.2) is 0 Å². The van der Waals surface area contributed by atoms with Crippen LogP contribution in [0.1, 0.15) is 46.0 Å². The molecule has 2 atom stereocenters. The van der Waals surface area contributed by atoms with Gasteiger partial charge in [-0.15, -0.1) is 0 Å².